The molecule has 0 saturated carbocycles. The first kappa shape index (κ1) is 18.3. The molecular formula is C17H22F2N4S. The van der Waals surface area contributed by atoms with Crippen LogP contribution in [0.1, 0.15) is 22.4 Å². The lowest BCUT2D eigenvalue weighted by atomic mass is 10.1. The topological polar surface area (TPSA) is 49.3 Å². The van der Waals surface area contributed by atoms with Crippen LogP contribution in [0.25, 0.3) is 0 Å². The predicted octanol–water partition coefficient (Wildman–Crippen LogP) is 3.07. The molecule has 7 heteroatoms. The highest BCUT2D eigenvalue weighted by Crippen LogP contribution is 2.12. The Labute approximate surface area is 145 Å². The van der Waals surface area contributed by atoms with Crippen molar-refractivity contribution in [1.82, 2.24) is 15.6 Å². The Morgan fingerprint density at radius 3 is 2.58 bits per heavy atom. The van der Waals surface area contributed by atoms with Crippen LogP contribution in [0.2, 0.25) is 0 Å². The second kappa shape index (κ2) is 9.32. The van der Waals surface area contributed by atoms with E-state index in [1.165, 1.54) is 23.1 Å². The lowest BCUT2D eigenvalue weighted by molar-refractivity contribution is 0.553. The van der Waals surface area contributed by atoms with Gasteiger partial charge in [-0.25, -0.2) is 13.8 Å². The van der Waals surface area contributed by atoms with Crippen molar-refractivity contribution < 1.29 is 8.78 Å². The molecule has 2 aromatic rings. The molecule has 0 radical (unpaired) electrons. The summed E-state index contributed by atoms with van der Waals surface area (Å²) < 4.78 is 27.2. The monoisotopic (exact) mass is 352 g/mol. The lowest BCUT2D eigenvalue weighted by Crippen LogP contribution is -2.38. The molecule has 0 saturated heterocycles. The second-order valence-electron chi connectivity index (χ2n) is 5.25. The third-order valence-electron chi connectivity index (χ3n) is 3.34. The van der Waals surface area contributed by atoms with Crippen LogP contribution in [-0.2, 0) is 12.8 Å². The van der Waals surface area contributed by atoms with Crippen LogP contribution in [0.15, 0.2) is 29.4 Å². The average molecular weight is 352 g/mol. The maximum Gasteiger partial charge on any atom is 0.191 e. The van der Waals surface area contributed by atoms with E-state index < -0.39 is 11.6 Å². The summed E-state index contributed by atoms with van der Waals surface area (Å²) in [5.41, 5.74) is 0.0964. The summed E-state index contributed by atoms with van der Waals surface area (Å²) in [7, 11) is 0. The Hall–Kier alpha value is -2.02. The summed E-state index contributed by atoms with van der Waals surface area (Å²) in [5, 5.41) is 7.28. The number of aliphatic imine (C=N–C) groups is 1. The largest absolute Gasteiger partial charge is 0.357 e. The number of hydrogen-bond donors (Lipinski definition) is 2. The van der Waals surface area contributed by atoms with E-state index in [1.807, 2.05) is 20.0 Å². The fraction of sp³-hybridized carbons (Fsp3) is 0.412. The molecule has 24 heavy (non-hydrogen) atoms. The Morgan fingerprint density at radius 1 is 1.21 bits per heavy atom. The molecule has 1 aromatic carbocycles. The summed E-state index contributed by atoms with van der Waals surface area (Å²) in [6, 6.07) is 3.91. The maximum atomic E-state index is 13.6. The van der Waals surface area contributed by atoms with Gasteiger partial charge in [-0.05, 0) is 32.4 Å². The van der Waals surface area contributed by atoms with E-state index in [0.717, 1.165) is 18.0 Å². The first-order chi connectivity index (χ1) is 11.6. The van der Waals surface area contributed by atoms with Crippen molar-refractivity contribution in [2.75, 3.05) is 19.6 Å². The molecule has 2 N–H and O–H groups in total. The average Bonchev–Trinajstić information content (AvgIpc) is 2.95. The van der Waals surface area contributed by atoms with E-state index in [-0.39, 0.29) is 12.0 Å². The van der Waals surface area contributed by atoms with E-state index in [9.17, 15) is 8.78 Å². The van der Waals surface area contributed by atoms with Gasteiger partial charge in [0.25, 0.3) is 0 Å². The van der Waals surface area contributed by atoms with Crippen molar-refractivity contribution in [3.63, 3.8) is 0 Å². The number of thiazole rings is 1. The third kappa shape index (κ3) is 5.56. The van der Waals surface area contributed by atoms with Crippen LogP contribution >= 0.6 is 11.3 Å². The van der Waals surface area contributed by atoms with Gasteiger partial charge in [0.15, 0.2) is 5.96 Å². The van der Waals surface area contributed by atoms with E-state index in [4.69, 9.17) is 0 Å². The first-order valence-electron chi connectivity index (χ1n) is 7.96. The van der Waals surface area contributed by atoms with Crippen molar-refractivity contribution in [3.05, 3.63) is 51.5 Å². The van der Waals surface area contributed by atoms with Crippen LogP contribution in [0.4, 0.5) is 8.78 Å². The smallest absolute Gasteiger partial charge is 0.191 e. The van der Waals surface area contributed by atoms with E-state index in [1.54, 1.807) is 11.3 Å². The van der Waals surface area contributed by atoms with Gasteiger partial charge in [0.2, 0.25) is 0 Å². The zero-order chi connectivity index (χ0) is 17.4. The van der Waals surface area contributed by atoms with Gasteiger partial charge in [0.1, 0.15) is 11.6 Å². The number of nitrogens with zero attached hydrogens (tertiary/aromatic N) is 2. The zero-order valence-corrected chi connectivity index (χ0v) is 14.7. The van der Waals surface area contributed by atoms with Crippen LogP contribution < -0.4 is 10.6 Å². The molecule has 0 amide bonds. The van der Waals surface area contributed by atoms with Gasteiger partial charge in [-0.2, -0.15) is 0 Å². The standard InChI is InChI=1S/C17H22F2N4S/c1-3-20-17(22-10-8-16-23-11-12(2)24-16)21-9-7-13-14(18)5-4-6-15(13)19/h4-6,11H,3,7-10H2,1-2H3,(H2,20,21,22). The molecule has 0 bridgehead atoms. The third-order valence-corrected chi connectivity index (χ3v) is 4.31. The number of guanidine groups is 1. The number of hydrogen-bond acceptors (Lipinski definition) is 3. The summed E-state index contributed by atoms with van der Waals surface area (Å²) >= 11 is 1.67. The van der Waals surface area contributed by atoms with Crippen molar-refractivity contribution in [3.8, 4) is 0 Å². The number of halogens is 2. The van der Waals surface area contributed by atoms with Crippen LogP contribution in [0.5, 0.6) is 0 Å². The van der Waals surface area contributed by atoms with E-state index in [0.29, 0.717) is 19.0 Å². The fourth-order valence-corrected chi connectivity index (χ4v) is 2.98. The quantitative estimate of drug-likeness (QED) is 0.595. The minimum Gasteiger partial charge on any atom is -0.357 e. The van der Waals surface area contributed by atoms with Crippen LogP contribution in [0, 0.1) is 18.6 Å². The highest BCUT2D eigenvalue weighted by atomic mass is 32.1. The molecule has 1 aromatic heterocycles. The number of aromatic nitrogens is 1. The minimum absolute atomic E-state index is 0.0964. The summed E-state index contributed by atoms with van der Waals surface area (Å²) in [6.07, 6.45) is 2.89. The lowest BCUT2D eigenvalue weighted by Gasteiger charge is -2.11. The van der Waals surface area contributed by atoms with Gasteiger partial charge in [-0.15, -0.1) is 11.3 Å². The summed E-state index contributed by atoms with van der Waals surface area (Å²) in [6.45, 7) is 5.72. The molecule has 0 aliphatic carbocycles. The fourth-order valence-electron chi connectivity index (χ4n) is 2.20. The van der Waals surface area contributed by atoms with Gasteiger partial charge in [0.05, 0.1) is 5.01 Å². The second-order valence-corrected chi connectivity index (χ2v) is 6.57. The summed E-state index contributed by atoms with van der Waals surface area (Å²) in [4.78, 5) is 9.96. The number of nitrogens with one attached hydrogen (secondary N) is 2. The van der Waals surface area contributed by atoms with Crippen molar-refractivity contribution in [2.24, 2.45) is 4.99 Å². The Balaban J connectivity index is 1.85. The molecule has 130 valence electrons. The Morgan fingerprint density at radius 2 is 1.96 bits per heavy atom. The van der Waals surface area contributed by atoms with Crippen molar-refractivity contribution in [1.29, 1.82) is 0 Å². The van der Waals surface area contributed by atoms with Gasteiger partial charge in [0, 0.05) is 42.7 Å². The van der Waals surface area contributed by atoms with Gasteiger partial charge in [-0.1, -0.05) is 6.07 Å². The molecule has 1 heterocycles. The molecular weight excluding hydrogens is 330 g/mol. The van der Waals surface area contributed by atoms with Crippen molar-refractivity contribution >= 4 is 17.3 Å². The highest BCUT2D eigenvalue weighted by molar-refractivity contribution is 7.11. The first-order valence-corrected chi connectivity index (χ1v) is 8.78. The van der Waals surface area contributed by atoms with Gasteiger partial charge < -0.3 is 10.6 Å². The number of rotatable bonds is 7. The highest BCUT2D eigenvalue weighted by Gasteiger charge is 2.08. The van der Waals surface area contributed by atoms with Crippen LogP contribution in [-0.4, -0.2) is 30.6 Å². The molecule has 0 unspecified atom stereocenters. The molecule has 2 rings (SSSR count). The zero-order valence-electron chi connectivity index (χ0n) is 13.9. The number of benzene rings is 1. The molecule has 0 fully saturated rings. The normalized spacial score (nSPS) is 11.6. The van der Waals surface area contributed by atoms with Gasteiger partial charge >= 0.3 is 0 Å². The minimum atomic E-state index is -0.516. The number of aryl methyl sites for hydroxylation is 1. The van der Waals surface area contributed by atoms with Crippen molar-refractivity contribution in [2.45, 2.75) is 26.7 Å². The SMILES string of the molecule is CCNC(=NCCc1ncc(C)s1)NCCc1c(F)cccc1F. The predicted molar refractivity (Wildman–Crippen MR) is 94.6 cm³/mol. The molecule has 0 aliphatic rings. The molecule has 0 atom stereocenters. The molecule has 0 spiro atoms. The van der Waals surface area contributed by atoms with E-state index >= 15 is 0 Å². The van der Waals surface area contributed by atoms with E-state index in [2.05, 4.69) is 20.6 Å². The Bertz CT molecular complexity index is 665. The Kier molecular flexibility index (Phi) is 7.11. The molecule has 4 nitrogen and oxygen atoms in total. The van der Waals surface area contributed by atoms with Crippen LogP contribution in [0.3, 0.4) is 0 Å². The molecule has 0 aliphatic heterocycles. The van der Waals surface area contributed by atoms with Gasteiger partial charge in [-0.3, -0.25) is 4.99 Å². The summed E-state index contributed by atoms with van der Waals surface area (Å²) in [5.74, 6) is -0.390. The maximum absolute atomic E-state index is 13.6.